The number of carbonyl (C=O) groups is 1. The number of anilines is 2. The van der Waals surface area contributed by atoms with Gasteiger partial charge in [-0.25, -0.2) is 14.8 Å². The predicted molar refractivity (Wildman–Crippen MR) is 143 cm³/mol. The van der Waals surface area contributed by atoms with Crippen molar-refractivity contribution in [3.05, 3.63) is 109 Å². The quantitative estimate of drug-likeness (QED) is 0.306. The first-order valence-electron chi connectivity index (χ1n) is 11.4. The van der Waals surface area contributed by atoms with E-state index in [0.717, 1.165) is 16.5 Å². The van der Waals surface area contributed by atoms with Crippen molar-refractivity contribution in [2.24, 2.45) is 0 Å². The second-order valence-corrected chi connectivity index (χ2v) is 8.16. The molecule has 3 aromatic heterocycles. The van der Waals surface area contributed by atoms with Gasteiger partial charge < -0.3 is 10.6 Å². The van der Waals surface area contributed by atoms with Gasteiger partial charge >= 0.3 is 6.03 Å². The lowest BCUT2D eigenvalue weighted by Crippen LogP contribution is -2.19. The summed E-state index contributed by atoms with van der Waals surface area (Å²) >= 11 is 0. The Labute approximate surface area is 206 Å². The summed E-state index contributed by atoms with van der Waals surface area (Å²) < 4.78 is 0. The van der Waals surface area contributed by atoms with E-state index in [1.54, 1.807) is 18.5 Å². The summed E-state index contributed by atoms with van der Waals surface area (Å²) in [5.41, 5.74) is 5.35. The van der Waals surface area contributed by atoms with Crippen LogP contribution in [0.2, 0.25) is 0 Å². The Kier molecular flexibility index (Phi) is 5.48. The number of carbonyl (C=O) groups excluding carboxylic acids is 1. The summed E-state index contributed by atoms with van der Waals surface area (Å²) in [6, 6.07) is 30.2. The van der Waals surface area contributed by atoms with E-state index in [4.69, 9.17) is 9.97 Å². The number of pyridine rings is 2. The number of fused-ring (bicyclic) bond motifs is 2. The number of nitrogens with zero attached hydrogens (tertiary/aromatic N) is 4. The monoisotopic (exact) mass is 468 g/mol. The highest BCUT2D eigenvalue weighted by Gasteiger charge is 2.15. The fourth-order valence-corrected chi connectivity index (χ4v) is 4.11. The maximum Gasteiger partial charge on any atom is 0.323 e. The van der Waals surface area contributed by atoms with E-state index in [0.29, 0.717) is 39.5 Å². The molecule has 0 aliphatic carbocycles. The average Bonchev–Trinajstić information content (AvgIpc) is 2.93. The van der Waals surface area contributed by atoms with Crippen LogP contribution in [0.4, 0.5) is 16.2 Å². The van der Waals surface area contributed by atoms with Crippen molar-refractivity contribution < 1.29 is 4.79 Å². The number of benzene rings is 3. The molecule has 0 aliphatic heterocycles. The van der Waals surface area contributed by atoms with Crippen molar-refractivity contribution >= 4 is 39.2 Å². The van der Waals surface area contributed by atoms with Crippen LogP contribution in [0.25, 0.3) is 44.6 Å². The minimum Gasteiger partial charge on any atom is -0.308 e. The molecular formula is C29H20N6O. The molecule has 0 saturated heterocycles. The van der Waals surface area contributed by atoms with E-state index < -0.39 is 0 Å². The molecule has 2 amide bonds. The maximum atomic E-state index is 12.8. The second kappa shape index (κ2) is 9.23. The van der Waals surface area contributed by atoms with Crippen LogP contribution in [0, 0.1) is 0 Å². The normalized spacial score (nSPS) is 10.9. The first-order chi connectivity index (χ1) is 17.7. The zero-order chi connectivity index (χ0) is 24.3. The van der Waals surface area contributed by atoms with E-state index in [1.165, 1.54) is 0 Å². The molecule has 7 heteroatoms. The maximum absolute atomic E-state index is 12.8. The Balaban J connectivity index is 1.34. The minimum absolute atomic E-state index is 0.339. The Bertz CT molecular complexity index is 1700. The van der Waals surface area contributed by atoms with Gasteiger partial charge in [0.1, 0.15) is 11.4 Å². The van der Waals surface area contributed by atoms with Gasteiger partial charge in [0.05, 0.1) is 28.1 Å². The highest BCUT2D eigenvalue weighted by atomic mass is 16.2. The molecule has 0 aliphatic rings. The molecule has 6 aromatic rings. The third-order valence-corrected chi connectivity index (χ3v) is 5.77. The van der Waals surface area contributed by atoms with Crippen molar-refractivity contribution in [2.45, 2.75) is 0 Å². The van der Waals surface area contributed by atoms with Gasteiger partial charge in [-0.05, 0) is 53.9 Å². The van der Waals surface area contributed by atoms with Crippen molar-refractivity contribution in [1.29, 1.82) is 0 Å². The van der Waals surface area contributed by atoms with Crippen LogP contribution in [0.5, 0.6) is 0 Å². The lowest BCUT2D eigenvalue weighted by atomic mass is 10.1. The second-order valence-electron chi connectivity index (χ2n) is 8.16. The van der Waals surface area contributed by atoms with Crippen molar-refractivity contribution in [3.63, 3.8) is 0 Å². The smallest absolute Gasteiger partial charge is 0.308 e. The van der Waals surface area contributed by atoms with Crippen molar-refractivity contribution in [1.82, 2.24) is 19.9 Å². The largest absolute Gasteiger partial charge is 0.323 e. The van der Waals surface area contributed by atoms with E-state index in [1.807, 2.05) is 91.0 Å². The highest BCUT2D eigenvalue weighted by molar-refractivity contribution is 6.06. The van der Waals surface area contributed by atoms with Gasteiger partial charge in [-0.1, -0.05) is 48.5 Å². The van der Waals surface area contributed by atoms with Crippen LogP contribution in [-0.4, -0.2) is 26.0 Å². The first-order valence-corrected chi connectivity index (χ1v) is 11.4. The molecule has 0 radical (unpaired) electrons. The molecular weight excluding hydrogens is 448 g/mol. The Hall–Kier alpha value is -5.17. The Morgan fingerprint density at radius 3 is 2.00 bits per heavy atom. The lowest BCUT2D eigenvalue weighted by molar-refractivity contribution is 0.262. The fourth-order valence-electron chi connectivity index (χ4n) is 4.11. The fraction of sp³-hybridized carbons (Fsp3) is 0. The number of hydrogen-bond donors (Lipinski definition) is 2. The molecule has 3 aromatic carbocycles. The van der Waals surface area contributed by atoms with Gasteiger partial charge in [0.25, 0.3) is 0 Å². The predicted octanol–water partition coefficient (Wildman–Crippen LogP) is 6.55. The molecule has 0 spiro atoms. The summed E-state index contributed by atoms with van der Waals surface area (Å²) in [7, 11) is 0. The summed E-state index contributed by atoms with van der Waals surface area (Å²) in [4.78, 5) is 31.5. The lowest BCUT2D eigenvalue weighted by Gasteiger charge is -2.12. The zero-order valence-electron chi connectivity index (χ0n) is 19.1. The van der Waals surface area contributed by atoms with E-state index >= 15 is 0 Å². The molecule has 0 unspecified atom stereocenters. The van der Waals surface area contributed by atoms with E-state index in [-0.39, 0.29) is 6.03 Å². The average molecular weight is 469 g/mol. The SMILES string of the molecule is O=C(Nc1ccc2nc(-c3ccccn3)c(-c3ccccn3)nc2c1)Nc1cccc2ccccc12. The first kappa shape index (κ1) is 21.4. The topological polar surface area (TPSA) is 92.7 Å². The van der Waals surface area contributed by atoms with Crippen LogP contribution in [-0.2, 0) is 0 Å². The molecule has 7 nitrogen and oxygen atoms in total. The van der Waals surface area contributed by atoms with Gasteiger partial charge in [0, 0.05) is 23.5 Å². The number of nitrogens with one attached hydrogen (secondary N) is 2. The van der Waals surface area contributed by atoms with E-state index in [2.05, 4.69) is 20.6 Å². The van der Waals surface area contributed by atoms with E-state index in [9.17, 15) is 4.79 Å². The number of rotatable bonds is 4. The summed E-state index contributed by atoms with van der Waals surface area (Å²) in [6.07, 6.45) is 3.45. The summed E-state index contributed by atoms with van der Waals surface area (Å²) in [5.74, 6) is 0. The van der Waals surface area contributed by atoms with Gasteiger partial charge in [0.15, 0.2) is 0 Å². The van der Waals surface area contributed by atoms with Crippen LogP contribution in [0.3, 0.4) is 0 Å². The number of urea groups is 1. The number of aromatic nitrogens is 4. The molecule has 36 heavy (non-hydrogen) atoms. The molecule has 172 valence electrons. The van der Waals surface area contributed by atoms with Crippen LogP contribution >= 0.6 is 0 Å². The van der Waals surface area contributed by atoms with Gasteiger partial charge in [-0.3, -0.25) is 9.97 Å². The van der Waals surface area contributed by atoms with Crippen LogP contribution in [0.15, 0.2) is 109 Å². The third kappa shape index (κ3) is 4.21. The Morgan fingerprint density at radius 2 is 1.28 bits per heavy atom. The van der Waals surface area contributed by atoms with Crippen LogP contribution < -0.4 is 10.6 Å². The molecule has 0 saturated carbocycles. The van der Waals surface area contributed by atoms with Gasteiger partial charge in [-0.2, -0.15) is 0 Å². The zero-order valence-corrected chi connectivity index (χ0v) is 19.1. The molecule has 0 fully saturated rings. The highest BCUT2D eigenvalue weighted by Crippen LogP contribution is 2.30. The van der Waals surface area contributed by atoms with Gasteiger partial charge in [0.2, 0.25) is 0 Å². The summed E-state index contributed by atoms with van der Waals surface area (Å²) in [5, 5.41) is 7.88. The molecule has 3 heterocycles. The molecule has 0 bridgehead atoms. The van der Waals surface area contributed by atoms with Gasteiger partial charge in [-0.15, -0.1) is 0 Å². The Morgan fingerprint density at radius 1 is 0.611 bits per heavy atom. The summed E-state index contributed by atoms with van der Waals surface area (Å²) in [6.45, 7) is 0. The van der Waals surface area contributed by atoms with Crippen molar-refractivity contribution in [3.8, 4) is 22.8 Å². The molecule has 6 rings (SSSR count). The molecule has 2 N–H and O–H groups in total. The minimum atomic E-state index is -0.339. The number of amides is 2. The number of hydrogen-bond acceptors (Lipinski definition) is 5. The standard InChI is InChI=1S/C29H20N6O/c36-29(35-22-13-7-9-19-8-1-2-10-21(19)22)32-20-14-15-23-26(18-20)34-28(25-12-4-6-17-31-25)27(33-23)24-11-3-5-16-30-24/h1-18H,(H2,32,35,36). The van der Waals surface area contributed by atoms with Crippen LogP contribution in [0.1, 0.15) is 0 Å². The van der Waals surface area contributed by atoms with Crippen molar-refractivity contribution in [2.75, 3.05) is 10.6 Å². The molecule has 0 atom stereocenters. The third-order valence-electron chi connectivity index (χ3n) is 5.77.